The molecule has 1 aliphatic rings. The zero-order valence-electron chi connectivity index (χ0n) is 14.0. The summed E-state index contributed by atoms with van der Waals surface area (Å²) in [6.45, 7) is 8.81. The van der Waals surface area contributed by atoms with Gasteiger partial charge in [-0.05, 0) is 64.1 Å². The Hall–Kier alpha value is -0.510. The van der Waals surface area contributed by atoms with E-state index in [1.165, 1.54) is 29.1 Å². The smallest absolute Gasteiger partial charge is 0.0236 e. The van der Waals surface area contributed by atoms with Gasteiger partial charge in [-0.25, -0.2) is 0 Å². The number of benzene rings is 1. The van der Waals surface area contributed by atoms with Gasteiger partial charge in [0.05, 0.1) is 0 Å². The van der Waals surface area contributed by atoms with Gasteiger partial charge < -0.3 is 5.32 Å². The predicted octanol–water partition coefficient (Wildman–Crippen LogP) is 3.55. The lowest BCUT2D eigenvalue weighted by Crippen LogP contribution is -2.37. The summed E-state index contributed by atoms with van der Waals surface area (Å²) in [5.74, 6) is 2.62. The second-order valence-corrected chi connectivity index (χ2v) is 8.28. The van der Waals surface area contributed by atoms with Crippen molar-refractivity contribution in [2.45, 2.75) is 51.7 Å². The van der Waals surface area contributed by atoms with Crippen molar-refractivity contribution in [2.75, 3.05) is 25.1 Å². The minimum atomic E-state index is 0.201. The van der Waals surface area contributed by atoms with E-state index in [0.29, 0.717) is 0 Å². The number of rotatable bonds is 6. The van der Waals surface area contributed by atoms with Gasteiger partial charge in [-0.15, -0.1) is 0 Å². The van der Waals surface area contributed by atoms with Crippen LogP contribution in [0.15, 0.2) is 24.3 Å². The van der Waals surface area contributed by atoms with E-state index in [2.05, 4.69) is 74.1 Å². The van der Waals surface area contributed by atoms with E-state index in [0.717, 1.165) is 25.6 Å². The van der Waals surface area contributed by atoms with Crippen molar-refractivity contribution in [1.29, 1.82) is 0 Å². The van der Waals surface area contributed by atoms with E-state index >= 15 is 0 Å². The van der Waals surface area contributed by atoms with Crippen LogP contribution in [0.25, 0.3) is 0 Å². The van der Waals surface area contributed by atoms with Crippen molar-refractivity contribution in [1.82, 2.24) is 10.2 Å². The molecule has 21 heavy (non-hydrogen) atoms. The molecule has 1 heterocycles. The summed E-state index contributed by atoms with van der Waals surface area (Å²) in [4.78, 5) is 2.54. The van der Waals surface area contributed by atoms with E-state index in [1.807, 2.05) is 0 Å². The molecular weight excluding hydrogens is 276 g/mol. The maximum atomic E-state index is 3.59. The molecule has 1 aromatic carbocycles. The highest BCUT2D eigenvalue weighted by atomic mass is 32.2. The van der Waals surface area contributed by atoms with Crippen LogP contribution in [0.4, 0.5) is 0 Å². The minimum Gasteiger partial charge on any atom is -0.312 e. The number of thioether (sulfide) groups is 1. The van der Waals surface area contributed by atoms with Crippen LogP contribution in [-0.4, -0.2) is 41.6 Å². The van der Waals surface area contributed by atoms with Crippen LogP contribution in [0.3, 0.4) is 0 Å². The Bertz CT molecular complexity index is 433. The molecule has 1 aromatic rings. The normalized spacial score (nSPS) is 19.4. The van der Waals surface area contributed by atoms with Crippen molar-refractivity contribution in [3.05, 3.63) is 35.4 Å². The lowest BCUT2D eigenvalue weighted by Gasteiger charge is -2.25. The summed E-state index contributed by atoms with van der Waals surface area (Å²) < 4.78 is 0. The standard InChI is InChI=1S/C18H30N2S/c1-18(2,3)19-11-9-15-7-5-6-8-16(15)13-20(4)17-10-12-21-14-17/h5-8,17,19H,9-14H2,1-4H3. The van der Waals surface area contributed by atoms with Crippen LogP contribution in [0.1, 0.15) is 38.3 Å². The fourth-order valence-electron chi connectivity index (χ4n) is 2.80. The monoisotopic (exact) mass is 306 g/mol. The molecule has 1 N–H and O–H groups in total. The SMILES string of the molecule is CN(Cc1ccccc1CCNC(C)(C)C)C1CCSC1. The molecule has 0 aromatic heterocycles. The van der Waals surface area contributed by atoms with Gasteiger partial charge in [-0.2, -0.15) is 11.8 Å². The minimum absolute atomic E-state index is 0.201. The van der Waals surface area contributed by atoms with Crippen molar-refractivity contribution in [3.8, 4) is 0 Å². The third-order valence-corrected chi connectivity index (χ3v) is 5.26. The van der Waals surface area contributed by atoms with E-state index < -0.39 is 0 Å². The van der Waals surface area contributed by atoms with Crippen LogP contribution in [0, 0.1) is 0 Å². The van der Waals surface area contributed by atoms with Gasteiger partial charge in [0.1, 0.15) is 0 Å². The molecule has 0 saturated carbocycles. The third-order valence-electron chi connectivity index (χ3n) is 4.12. The second kappa shape index (κ2) is 7.66. The number of nitrogens with one attached hydrogen (secondary N) is 1. The molecular formula is C18H30N2S. The molecule has 1 saturated heterocycles. The van der Waals surface area contributed by atoms with Gasteiger partial charge >= 0.3 is 0 Å². The lowest BCUT2D eigenvalue weighted by molar-refractivity contribution is 0.253. The predicted molar refractivity (Wildman–Crippen MR) is 95.1 cm³/mol. The average molecular weight is 307 g/mol. The Morgan fingerprint density at radius 2 is 1.95 bits per heavy atom. The van der Waals surface area contributed by atoms with Gasteiger partial charge in [0, 0.05) is 23.9 Å². The Labute approximate surface area is 134 Å². The Balaban J connectivity index is 1.92. The maximum Gasteiger partial charge on any atom is 0.0236 e. The van der Waals surface area contributed by atoms with Gasteiger partial charge in [-0.3, -0.25) is 4.90 Å². The molecule has 0 aliphatic carbocycles. The summed E-state index contributed by atoms with van der Waals surface area (Å²) in [6, 6.07) is 9.69. The van der Waals surface area contributed by atoms with Crippen LogP contribution >= 0.6 is 11.8 Å². The number of hydrogen-bond donors (Lipinski definition) is 1. The highest BCUT2D eigenvalue weighted by Gasteiger charge is 2.20. The molecule has 0 radical (unpaired) electrons. The maximum absolute atomic E-state index is 3.59. The van der Waals surface area contributed by atoms with Crippen LogP contribution in [-0.2, 0) is 13.0 Å². The van der Waals surface area contributed by atoms with Gasteiger partial charge in [0.15, 0.2) is 0 Å². The lowest BCUT2D eigenvalue weighted by atomic mass is 10.0. The number of nitrogens with zero attached hydrogens (tertiary/aromatic N) is 1. The van der Waals surface area contributed by atoms with Gasteiger partial charge in [-0.1, -0.05) is 24.3 Å². The molecule has 2 nitrogen and oxygen atoms in total. The summed E-state index contributed by atoms with van der Waals surface area (Å²) in [5.41, 5.74) is 3.19. The Morgan fingerprint density at radius 3 is 2.57 bits per heavy atom. The fraction of sp³-hybridized carbons (Fsp3) is 0.667. The van der Waals surface area contributed by atoms with Crippen LogP contribution in [0.2, 0.25) is 0 Å². The average Bonchev–Trinajstić information content (AvgIpc) is 2.93. The van der Waals surface area contributed by atoms with Crippen molar-refractivity contribution in [3.63, 3.8) is 0 Å². The van der Waals surface area contributed by atoms with E-state index in [-0.39, 0.29) is 5.54 Å². The zero-order chi connectivity index (χ0) is 15.3. The molecule has 3 heteroatoms. The molecule has 0 bridgehead atoms. The topological polar surface area (TPSA) is 15.3 Å². The van der Waals surface area contributed by atoms with E-state index in [4.69, 9.17) is 0 Å². The van der Waals surface area contributed by atoms with Crippen molar-refractivity contribution in [2.24, 2.45) is 0 Å². The van der Waals surface area contributed by atoms with Crippen molar-refractivity contribution >= 4 is 11.8 Å². The highest BCUT2D eigenvalue weighted by molar-refractivity contribution is 7.99. The Kier molecular flexibility index (Phi) is 6.15. The third kappa shape index (κ3) is 5.65. The summed E-state index contributed by atoms with van der Waals surface area (Å²) in [5, 5.41) is 3.59. The molecule has 0 spiro atoms. The van der Waals surface area contributed by atoms with Crippen LogP contribution in [0.5, 0.6) is 0 Å². The molecule has 1 aliphatic heterocycles. The highest BCUT2D eigenvalue weighted by Crippen LogP contribution is 2.23. The number of hydrogen-bond acceptors (Lipinski definition) is 3. The molecule has 1 atom stereocenters. The first-order valence-corrected chi connectivity index (χ1v) is 9.21. The van der Waals surface area contributed by atoms with E-state index in [1.54, 1.807) is 0 Å². The first kappa shape index (κ1) is 16.9. The summed E-state index contributed by atoms with van der Waals surface area (Å²) in [7, 11) is 2.28. The molecule has 1 unspecified atom stereocenters. The zero-order valence-corrected chi connectivity index (χ0v) is 14.8. The second-order valence-electron chi connectivity index (χ2n) is 7.13. The fourth-order valence-corrected chi connectivity index (χ4v) is 4.09. The first-order valence-electron chi connectivity index (χ1n) is 8.05. The van der Waals surface area contributed by atoms with Gasteiger partial charge in [0.25, 0.3) is 0 Å². The largest absolute Gasteiger partial charge is 0.312 e. The van der Waals surface area contributed by atoms with Crippen molar-refractivity contribution < 1.29 is 0 Å². The molecule has 1 fully saturated rings. The molecule has 118 valence electrons. The summed E-state index contributed by atoms with van der Waals surface area (Å²) in [6.07, 6.45) is 2.45. The molecule has 2 rings (SSSR count). The first-order chi connectivity index (χ1) is 9.96. The van der Waals surface area contributed by atoms with Gasteiger partial charge in [0.2, 0.25) is 0 Å². The van der Waals surface area contributed by atoms with Crippen LogP contribution < -0.4 is 5.32 Å². The summed E-state index contributed by atoms with van der Waals surface area (Å²) >= 11 is 2.09. The van der Waals surface area contributed by atoms with E-state index in [9.17, 15) is 0 Å². The Morgan fingerprint density at radius 1 is 1.24 bits per heavy atom. The quantitative estimate of drug-likeness (QED) is 0.865. The molecule has 0 amide bonds.